The number of hydrogen-bond acceptors (Lipinski definition) is 4. The van der Waals surface area contributed by atoms with Gasteiger partial charge in [0.05, 0.1) is 18.6 Å². The zero-order valence-corrected chi connectivity index (χ0v) is 17.8. The molecular formula is C22H27ClN2O2S. The Kier molecular flexibility index (Phi) is 10.5. The average molecular weight is 419 g/mol. The predicted molar refractivity (Wildman–Crippen MR) is 119 cm³/mol. The van der Waals surface area contributed by atoms with Crippen LogP contribution in [0.2, 0.25) is 5.02 Å². The van der Waals surface area contributed by atoms with Gasteiger partial charge in [-0.2, -0.15) is 5.10 Å². The minimum Gasteiger partial charge on any atom is -0.493 e. The van der Waals surface area contributed by atoms with Crippen molar-refractivity contribution in [2.75, 3.05) is 12.4 Å². The maximum Gasteiger partial charge on any atom is 0.250 e. The highest BCUT2D eigenvalue weighted by Crippen LogP contribution is 2.20. The van der Waals surface area contributed by atoms with Gasteiger partial charge in [-0.1, -0.05) is 56.3 Å². The van der Waals surface area contributed by atoms with Gasteiger partial charge in [-0.25, -0.2) is 5.43 Å². The molecule has 0 saturated heterocycles. The van der Waals surface area contributed by atoms with Crippen molar-refractivity contribution in [3.05, 3.63) is 59.1 Å². The first-order valence-electron chi connectivity index (χ1n) is 9.61. The summed E-state index contributed by atoms with van der Waals surface area (Å²) in [6.07, 6.45) is 7.62. The molecule has 2 rings (SSSR count). The second-order valence-electron chi connectivity index (χ2n) is 6.34. The fourth-order valence-electron chi connectivity index (χ4n) is 2.49. The highest BCUT2D eigenvalue weighted by atomic mass is 35.5. The molecule has 0 aliphatic heterocycles. The molecule has 1 amide bonds. The van der Waals surface area contributed by atoms with Gasteiger partial charge in [0.15, 0.2) is 0 Å². The zero-order chi connectivity index (χ0) is 20.0. The maximum atomic E-state index is 12.0. The predicted octanol–water partition coefficient (Wildman–Crippen LogP) is 5.93. The van der Waals surface area contributed by atoms with E-state index < -0.39 is 0 Å². The smallest absolute Gasteiger partial charge is 0.250 e. The van der Waals surface area contributed by atoms with E-state index in [0.717, 1.165) is 22.6 Å². The monoisotopic (exact) mass is 418 g/mol. The number of unbranched alkanes of at least 4 members (excludes halogenated alkanes) is 4. The number of carbonyl (C=O) groups is 1. The summed E-state index contributed by atoms with van der Waals surface area (Å²) < 4.78 is 5.87. The Balaban J connectivity index is 1.75. The molecule has 150 valence electrons. The molecule has 1 N–H and O–H groups in total. The number of ether oxygens (including phenoxy) is 1. The first-order valence-corrected chi connectivity index (χ1v) is 11.0. The van der Waals surface area contributed by atoms with Crippen molar-refractivity contribution in [2.24, 2.45) is 5.10 Å². The van der Waals surface area contributed by atoms with E-state index in [1.54, 1.807) is 18.3 Å². The lowest BCUT2D eigenvalue weighted by molar-refractivity contribution is -0.118. The van der Waals surface area contributed by atoms with Crippen LogP contribution in [0.4, 0.5) is 0 Å². The molecule has 0 bridgehead atoms. The number of hydrazone groups is 1. The van der Waals surface area contributed by atoms with Crippen molar-refractivity contribution < 1.29 is 9.53 Å². The van der Waals surface area contributed by atoms with Crippen molar-refractivity contribution >= 4 is 35.5 Å². The summed E-state index contributed by atoms with van der Waals surface area (Å²) in [6.45, 7) is 2.90. The van der Waals surface area contributed by atoms with Crippen molar-refractivity contribution in [1.82, 2.24) is 5.43 Å². The first kappa shape index (κ1) is 22.3. The maximum absolute atomic E-state index is 12.0. The quantitative estimate of drug-likeness (QED) is 0.201. The normalized spacial score (nSPS) is 10.9. The second-order valence-corrected chi connectivity index (χ2v) is 7.82. The fraction of sp³-hybridized carbons (Fsp3) is 0.364. The Morgan fingerprint density at radius 3 is 2.64 bits per heavy atom. The third-order valence-electron chi connectivity index (χ3n) is 4.00. The Bertz CT molecular complexity index is 750. The standard InChI is InChI=1S/C22H27ClN2O2S/c1-2-3-4-5-8-15-27-21-10-7-6-9-18(21)16-24-25-22(26)17-28-20-13-11-19(23)12-14-20/h6-7,9-14,16H,2-5,8,15,17H2,1H3,(H,25,26)/b24-16-. The van der Waals surface area contributed by atoms with Crippen LogP contribution >= 0.6 is 23.4 Å². The number of carbonyl (C=O) groups excluding carboxylic acids is 1. The number of thioether (sulfide) groups is 1. The summed E-state index contributed by atoms with van der Waals surface area (Å²) in [6, 6.07) is 15.1. The lowest BCUT2D eigenvalue weighted by atomic mass is 10.2. The van der Waals surface area contributed by atoms with Crippen LogP contribution in [-0.4, -0.2) is 24.5 Å². The van der Waals surface area contributed by atoms with Gasteiger partial charge in [0.2, 0.25) is 5.91 Å². The molecule has 0 aliphatic carbocycles. The van der Waals surface area contributed by atoms with E-state index in [4.69, 9.17) is 16.3 Å². The number of rotatable bonds is 12. The molecule has 2 aromatic carbocycles. The van der Waals surface area contributed by atoms with Gasteiger partial charge in [-0.15, -0.1) is 11.8 Å². The summed E-state index contributed by atoms with van der Waals surface area (Å²) in [5.74, 6) is 0.909. The topological polar surface area (TPSA) is 50.7 Å². The van der Waals surface area contributed by atoms with Crippen LogP contribution in [0.15, 0.2) is 58.5 Å². The van der Waals surface area contributed by atoms with E-state index in [1.807, 2.05) is 36.4 Å². The van der Waals surface area contributed by atoms with Crippen LogP contribution in [-0.2, 0) is 4.79 Å². The number of hydrogen-bond donors (Lipinski definition) is 1. The molecular weight excluding hydrogens is 392 g/mol. The highest BCUT2D eigenvalue weighted by molar-refractivity contribution is 8.00. The van der Waals surface area contributed by atoms with E-state index >= 15 is 0 Å². The van der Waals surface area contributed by atoms with Gasteiger partial charge in [-0.05, 0) is 42.8 Å². The van der Waals surface area contributed by atoms with Crippen molar-refractivity contribution in [3.8, 4) is 5.75 Å². The SMILES string of the molecule is CCCCCCCOc1ccccc1/C=N\NC(=O)CSc1ccc(Cl)cc1. The lowest BCUT2D eigenvalue weighted by Gasteiger charge is -2.08. The molecule has 0 fully saturated rings. The summed E-state index contributed by atoms with van der Waals surface area (Å²) >= 11 is 7.29. The van der Waals surface area contributed by atoms with Crippen molar-refractivity contribution in [3.63, 3.8) is 0 Å². The number of benzene rings is 2. The molecule has 0 aromatic heterocycles. The van der Waals surface area contributed by atoms with Crippen LogP contribution < -0.4 is 10.2 Å². The molecule has 0 spiro atoms. The summed E-state index contributed by atoms with van der Waals surface area (Å²) in [4.78, 5) is 12.9. The fourth-order valence-corrected chi connectivity index (χ4v) is 3.31. The Labute approximate surface area is 176 Å². The van der Waals surface area contributed by atoms with E-state index in [2.05, 4.69) is 17.5 Å². The molecule has 28 heavy (non-hydrogen) atoms. The number of nitrogens with zero attached hydrogens (tertiary/aromatic N) is 1. The van der Waals surface area contributed by atoms with E-state index in [-0.39, 0.29) is 11.7 Å². The van der Waals surface area contributed by atoms with Crippen LogP contribution in [0.25, 0.3) is 0 Å². The van der Waals surface area contributed by atoms with Gasteiger partial charge in [0.1, 0.15) is 5.75 Å². The molecule has 0 saturated carbocycles. The zero-order valence-electron chi connectivity index (χ0n) is 16.2. The average Bonchev–Trinajstić information content (AvgIpc) is 2.71. The van der Waals surface area contributed by atoms with Gasteiger partial charge in [0.25, 0.3) is 0 Å². The minimum atomic E-state index is -0.162. The molecule has 0 atom stereocenters. The molecule has 0 unspecified atom stereocenters. The number of nitrogens with one attached hydrogen (secondary N) is 1. The van der Waals surface area contributed by atoms with Crippen LogP contribution in [0.3, 0.4) is 0 Å². The Morgan fingerprint density at radius 1 is 1.11 bits per heavy atom. The minimum absolute atomic E-state index is 0.162. The number of halogens is 1. The van der Waals surface area contributed by atoms with Gasteiger partial charge < -0.3 is 4.74 Å². The molecule has 6 heteroatoms. The summed E-state index contributed by atoms with van der Waals surface area (Å²) in [5.41, 5.74) is 3.41. The van der Waals surface area contributed by atoms with Gasteiger partial charge in [-0.3, -0.25) is 4.79 Å². The van der Waals surface area contributed by atoms with Gasteiger partial charge in [0, 0.05) is 15.5 Å². The number of amides is 1. The molecule has 4 nitrogen and oxygen atoms in total. The van der Waals surface area contributed by atoms with E-state index in [0.29, 0.717) is 11.6 Å². The lowest BCUT2D eigenvalue weighted by Crippen LogP contribution is -2.19. The molecule has 0 aliphatic rings. The largest absolute Gasteiger partial charge is 0.493 e. The van der Waals surface area contributed by atoms with Crippen molar-refractivity contribution in [1.29, 1.82) is 0 Å². The third-order valence-corrected chi connectivity index (χ3v) is 5.26. The highest BCUT2D eigenvalue weighted by Gasteiger charge is 2.03. The molecule has 0 radical (unpaired) electrons. The van der Waals surface area contributed by atoms with E-state index in [1.165, 1.54) is 37.4 Å². The van der Waals surface area contributed by atoms with Crippen LogP contribution in [0.5, 0.6) is 5.75 Å². The molecule has 2 aromatic rings. The van der Waals surface area contributed by atoms with Crippen LogP contribution in [0.1, 0.15) is 44.6 Å². The number of para-hydroxylation sites is 1. The van der Waals surface area contributed by atoms with Crippen molar-refractivity contribution in [2.45, 2.75) is 43.9 Å². The first-order chi connectivity index (χ1) is 13.7. The third kappa shape index (κ3) is 8.81. The Hall–Kier alpha value is -1.98. The second kappa shape index (κ2) is 13.2. The molecule has 0 heterocycles. The Morgan fingerprint density at radius 2 is 1.86 bits per heavy atom. The van der Waals surface area contributed by atoms with Gasteiger partial charge >= 0.3 is 0 Å². The summed E-state index contributed by atoms with van der Waals surface area (Å²) in [5, 5.41) is 4.74. The summed E-state index contributed by atoms with van der Waals surface area (Å²) in [7, 11) is 0. The van der Waals surface area contributed by atoms with E-state index in [9.17, 15) is 4.79 Å². The van der Waals surface area contributed by atoms with Crippen LogP contribution in [0, 0.1) is 0 Å².